The van der Waals surface area contributed by atoms with Crippen LogP contribution in [0.25, 0.3) is 6.08 Å². The fourth-order valence-corrected chi connectivity index (χ4v) is 18.5. The van der Waals surface area contributed by atoms with Crippen LogP contribution >= 0.6 is 18.6 Å². The summed E-state index contributed by atoms with van der Waals surface area (Å²) in [5.74, 6) is 0. The second-order valence-corrected chi connectivity index (χ2v) is 34.7. The first-order valence-electron chi connectivity index (χ1n) is 7.18. The topological polar surface area (TPSA) is 12.0 Å². The summed E-state index contributed by atoms with van der Waals surface area (Å²) in [5, 5.41) is 0. The maximum atomic E-state index is 7.25. The fraction of sp³-hybridized carbons (Fsp3) is 0.467. The molecule has 0 atom stereocenters. The molecule has 1 aromatic carbocycles. The number of nitrogens with one attached hydrogen (secondary N) is 1. The van der Waals surface area contributed by atoms with Crippen LogP contribution in [-0.2, 0) is 19.1 Å². The van der Waals surface area contributed by atoms with E-state index in [2.05, 4.69) is 68.0 Å². The quantitative estimate of drug-likeness (QED) is 0.754. The number of hydrogen-bond donors (Lipinski definition) is 1. The van der Waals surface area contributed by atoms with E-state index in [-0.39, 0.29) is 5.54 Å². The molecule has 0 fully saturated rings. The Balaban J connectivity index is 2.47. The van der Waals surface area contributed by atoms with E-state index in [9.17, 15) is 0 Å². The van der Waals surface area contributed by atoms with Gasteiger partial charge in [-0.2, -0.15) is 0 Å². The summed E-state index contributed by atoms with van der Waals surface area (Å²) in [6.07, 6.45) is 3.16. The van der Waals surface area contributed by atoms with E-state index in [1.807, 2.05) is 0 Å². The molecule has 0 saturated carbocycles. The normalized spacial score (nSPS) is 17.6. The van der Waals surface area contributed by atoms with Crippen molar-refractivity contribution < 1.29 is 12.7 Å². The molecule has 1 aliphatic carbocycles. The average Bonchev–Trinajstić information content (AvgIpc) is 2.70. The third-order valence-electron chi connectivity index (χ3n) is 3.97. The van der Waals surface area contributed by atoms with Gasteiger partial charge in [-0.1, -0.05) is 0 Å². The van der Waals surface area contributed by atoms with E-state index in [0.29, 0.717) is 0 Å². The summed E-state index contributed by atoms with van der Waals surface area (Å²) in [6, 6.07) is 8.50. The minimum absolute atomic E-state index is 0.0619. The molecule has 0 bridgehead atoms. The molecular formula is C15H24Cl2NSiTi. The van der Waals surface area contributed by atoms with E-state index in [4.69, 9.17) is 18.6 Å². The van der Waals surface area contributed by atoms with Gasteiger partial charge >= 0.3 is 133 Å². The first kappa shape index (κ1) is 16.8. The van der Waals surface area contributed by atoms with E-state index in [1.54, 1.807) is 0 Å². The minimum atomic E-state index is -3.82. The number of halogens is 2. The molecule has 1 aliphatic rings. The maximum absolute atomic E-state index is 7.25. The molecule has 0 amide bonds. The molecule has 2 rings (SSSR count). The standard InChI is InChI=1S/C9H7.C4H10N.C2H7Si.2ClH.Ti/c1-2-5-9-7-3-6-8(9)4-1;1-4(2,3)5;1-3-2;;;/h1-2,4-6H,7H2;5H,1-3H3;3H,1-2H3;2*1H;/q;-1;;;;+3/p-2. The monoisotopic (exact) mass is 364 g/mol. The molecular weight excluding hydrogens is 341 g/mol. The number of hydrogen-bond acceptors (Lipinski definition) is 1. The van der Waals surface area contributed by atoms with E-state index < -0.39 is 19.4 Å². The zero-order chi connectivity index (χ0) is 15.2. The zero-order valence-electron chi connectivity index (χ0n) is 12.9. The third kappa shape index (κ3) is 3.11. The Labute approximate surface area is 132 Å². The van der Waals surface area contributed by atoms with Crippen LogP contribution in [0, 0.1) is 0 Å². The summed E-state index contributed by atoms with van der Waals surface area (Å²) < 4.78 is 4.98. The SMILES string of the molecule is C[SiH](C)[Ti]([Cl])([Cl])([NH]C(C)(C)C)[C]1=Cc2ccccc2C1. The van der Waals surface area contributed by atoms with Gasteiger partial charge < -0.3 is 0 Å². The van der Waals surface area contributed by atoms with Crippen LogP contribution in [0.2, 0.25) is 13.1 Å². The molecule has 0 saturated heterocycles. The van der Waals surface area contributed by atoms with Gasteiger partial charge in [0.25, 0.3) is 0 Å². The Morgan fingerprint density at radius 1 is 1.15 bits per heavy atom. The second kappa shape index (κ2) is 5.26. The van der Waals surface area contributed by atoms with Crippen LogP contribution in [0.3, 0.4) is 0 Å². The van der Waals surface area contributed by atoms with Crippen LogP contribution in [0.5, 0.6) is 0 Å². The predicted octanol–water partition coefficient (Wildman–Crippen LogP) is 4.87. The summed E-state index contributed by atoms with van der Waals surface area (Å²) in [7, 11) is 14.5. The van der Waals surface area contributed by atoms with Gasteiger partial charge in [-0.3, -0.25) is 0 Å². The number of fused-ring (bicyclic) bond motifs is 1. The Bertz CT molecular complexity index is 561. The molecule has 1 nitrogen and oxygen atoms in total. The molecule has 1 aromatic rings. The molecule has 111 valence electrons. The van der Waals surface area contributed by atoms with Crippen LogP contribution in [0.4, 0.5) is 0 Å². The molecule has 20 heavy (non-hydrogen) atoms. The molecule has 0 unspecified atom stereocenters. The van der Waals surface area contributed by atoms with Crippen molar-refractivity contribution in [1.82, 2.24) is 3.80 Å². The van der Waals surface area contributed by atoms with E-state index in [0.717, 1.165) is 6.42 Å². The predicted molar refractivity (Wildman–Crippen MR) is 91.6 cm³/mol. The number of rotatable bonds is 3. The zero-order valence-corrected chi connectivity index (χ0v) is 17.2. The summed E-state index contributed by atoms with van der Waals surface area (Å²) in [4.78, 5) is 0. The summed E-state index contributed by atoms with van der Waals surface area (Å²) >= 11 is -3.82. The van der Waals surface area contributed by atoms with Crippen molar-refractivity contribution in [2.24, 2.45) is 0 Å². The Kier molecular flexibility index (Phi) is 4.42. The fourth-order valence-electron chi connectivity index (χ4n) is 2.86. The van der Waals surface area contributed by atoms with Crippen LogP contribution in [-0.4, -0.2) is 12.2 Å². The Morgan fingerprint density at radius 2 is 1.75 bits per heavy atom. The molecule has 1 N–H and O–H groups in total. The summed E-state index contributed by atoms with van der Waals surface area (Å²) in [6.45, 7) is 9.76. The van der Waals surface area contributed by atoms with Gasteiger partial charge in [-0.05, 0) is 0 Å². The van der Waals surface area contributed by atoms with E-state index >= 15 is 0 Å². The molecule has 0 spiro atoms. The molecule has 0 aliphatic heterocycles. The van der Waals surface area contributed by atoms with Crippen LogP contribution in [0.1, 0.15) is 31.9 Å². The van der Waals surface area contributed by atoms with Gasteiger partial charge in [-0.15, -0.1) is 0 Å². The second-order valence-electron chi connectivity index (χ2n) is 7.16. The van der Waals surface area contributed by atoms with Crippen molar-refractivity contribution in [1.29, 1.82) is 0 Å². The first-order valence-corrected chi connectivity index (χ1v) is 18.6. The van der Waals surface area contributed by atoms with Gasteiger partial charge in [-0.25, -0.2) is 0 Å². The Morgan fingerprint density at radius 3 is 2.25 bits per heavy atom. The van der Waals surface area contributed by atoms with Gasteiger partial charge in [0.05, 0.1) is 0 Å². The molecule has 0 aromatic heterocycles. The number of benzene rings is 1. The van der Waals surface area contributed by atoms with Crippen molar-refractivity contribution in [3.8, 4) is 0 Å². The van der Waals surface area contributed by atoms with Crippen molar-refractivity contribution in [3.63, 3.8) is 0 Å². The van der Waals surface area contributed by atoms with Gasteiger partial charge in [0.1, 0.15) is 0 Å². The van der Waals surface area contributed by atoms with Gasteiger partial charge in [0.15, 0.2) is 0 Å². The molecule has 0 heterocycles. The van der Waals surface area contributed by atoms with E-state index in [1.165, 1.54) is 15.0 Å². The summed E-state index contributed by atoms with van der Waals surface area (Å²) in [5.41, 5.74) is 2.57. The van der Waals surface area contributed by atoms with Gasteiger partial charge in [0.2, 0.25) is 0 Å². The van der Waals surface area contributed by atoms with Crippen molar-refractivity contribution in [2.75, 3.05) is 0 Å². The van der Waals surface area contributed by atoms with Crippen molar-refractivity contribution in [3.05, 3.63) is 39.3 Å². The van der Waals surface area contributed by atoms with Crippen molar-refractivity contribution in [2.45, 2.75) is 45.8 Å². The molecule has 5 heteroatoms. The molecule has 0 radical (unpaired) electrons. The first-order chi connectivity index (χ1) is 9.02. The average molecular weight is 365 g/mol. The van der Waals surface area contributed by atoms with Crippen LogP contribution in [0.15, 0.2) is 28.1 Å². The van der Waals surface area contributed by atoms with Crippen molar-refractivity contribution >= 4 is 31.3 Å². The van der Waals surface area contributed by atoms with Gasteiger partial charge in [0, 0.05) is 0 Å². The Hall–Kier alpha value is 0.431. The van der Waals surface area contributed by atoms with Crippen LogP contribution < -0.4 is 3.80 Å². The third-order valence-corrected chi connectivity index (χ3v) is 35.4. The number of allylic oxidation sites excluding steroid dienone is 1.